The van der Waals surface area contributed by atoms with E-state index in [0.29, 0.717) is 0 Å². The van der Waals surface area contributed by atoms with Crippen molar-refractivity contribution in [3.8, 4) is 0 Å². The van der Waals surface area contributed by atoms with Crippen LogP contribution in [0.4, 0.5) is 0 Å². The van der Waals surface area contributed by atoms with Crippen LogP contribution in [0, 0.1) is 0 Å². The zero-order valence-corrected chi connectivity index (χ0v) is 7.29. The van der Waals surface area contributed by atoms with Crippen molar-refractivity contribution in [2.24, 2.45) is 0 Å². The molecule has 0 aromatic carbocycles. The van der Waals surface area contributed by atoms with Gasteiger partial charge in [-0.15, -0.1) is 0 Å². The molecular weight excluding hydrogens is 134 g/mol. The molecule has 1 nitrogen and oxygen atoms in total. The Balaban J connectivity index is 2.10. The number of hydrogen-bond donors (Lipinski definition) is 0. The second kappa shape index (κ2) is 5.14. The maximum absolute atomic E-state index is 2.49. The van der Waals surface area contributed by atoms with Crippen molar-refractivity contribution in [3.05, 3.63) is 24.3 Å². The fraction of sp³-hybridized carbons (Fsp3) is 0.600. The summed E-state index contributed by atoms with van der Waals surface area (Å²) in [4.78, 5) is 2.49. The highest BCUT2D eigenvalue weighted by Gasteiger charge is 2.08. The number of hydrogen-bond acceptors (Lipinski definition) is 1. The van der Waals surface area contributed by atoms with Crippen molar-refractivity contribution >= 4 is 0 Å². The molecule has 0 atom stereocenters. The summed E-state index contributed by atoms with van der Waals surface area (Å²) in [5, 5.41) is 0. The van der Waals surface area contributed by atoms with Crippen LogP contribution in [0.3, 0.4) is 0 Å². The van der Waals surface area contributed by atoms with Gasteiger partial charge >= 0.3 is 0 Å². The molecule has 1 rings (SSSR count). The van der Waals surface area contributed by atoms with Crippen molar-refractivity contribution in [2.75, 3.05) is 19.6 Å². The predicted octanol–water partition coefficient (Wildman–Crippen LogP) is 2.21. The number of likely N-dealkylation sites (tertiary alicyclic amines) is 1. The minimum atomic E-state index is 1.13. The van der Waals surface area contributed by atoms with Gasteiger partial charge in [-0.05, 0) is 32.9 Å². The first-order chi connectivity index (χ1) is 5.43. The van der Waals surface area contributed by atoms with Gasteiger partial charge in [-0.3, -0.25) is 4.90 Å². The van der Waals surface area contributed by atoms with Crippen molar-refractivity contribution in [3.63, 3.8) is 0 Å². The van der Waals surface area contributed by atoms with Gasteiger partial charge in [-0.1, -0.05) is 24.3 Å². The Kier molecular flexibility index (Phi) is 3.99. The molecule has 1 saturated heterocycles. The summed E-state index contributed by atoms with van der Waals surface area (Å²) in [5.41, 5.74) is 0. The average molecular weight is 151 g/mol. The largest absolute Gasteiger partial charge is 0.300 e. The maximum Gasteiger partial charge on any atom is 0.0166 e. The lowest BCUT2D eigenvalue weighted by atomic mass is 10.4. The van der Waals surface area contributed by atoms with Crippen LogP contribution in [0.2, 0.25) is 0 Å². The lowest BCUT2D eigenvalue weighted by Gasteiger charge is -2.09. The van der Waals surface area contributed by atoms with E-state index in [9.17, 15) is 0 Å². The Labute approximate surface area is 69.4 Å². The summed E-state index contributed by atoms with van der Waals surface area (Å²) in [6.45, 7) is 5.75. The van der Waals surface area contributed by atoms with Crippen LogP contribution >= 0.6 is 0 Å². The predicted molar refractivity (Wildman–Crippen MR) is 49.6 cm³/mol. The molecule has 0 aromatic heterocycles. The molecule has 0 spiro atoms. The maximum atomic E-state index is 2.49. The summed E-state index contributed by atoms with van der Waals surface area (Å²) >= 11 is 0. The number of allylic oxidation sites excluding steroid dienone is 3. The van der Waals surface area contributed by atoms with Crippen LogP contribution in [-0.2, 0) is 0 Å². The fourth-order valence-electron chi connectivity index (χ4n) is 1.36. The van der Waals surface area contributed by atoms with Crippen molar-refractivity contribution < 1.29 is 0 Å². The molecular formula is C10H17N. The van der Waals surface area contributed by atoms with E-state index in [-0.39, 0.29) is 0 Å². The first-order valence-corrected chi connectivity index (χ1v) is 4.43. The van der Waals surface area contributed by atoms with E-state index in [1.807, 2.05) is 6.92 Å². The van der Waals surface area contributed by atoms with Crippen LogP contribution in [0.25, 0.3) is 0 Å². The van der Waals surface area contributed by atoms with Gasteiger partial charge in [-0.2, -0.15) is 0 Å². The van der Waals surface area contributed by atoms with E-state index in [2.05, 4.69) is 29.2 Å². The summed E-state index contributed by atoms with van der Waals surface area (Å²) in [6.07, 6.45) is 11.3. The molecule has 1 heterocycles. The standard InChI is InChI=1S/C10H17N/c1-2-3-4-5-8-11-9-6-7-10-11/h2-5H,6-10H2,1H3. The van der Waals surface area contributed by atoms with Gasteiger partial charge in [-0.25, -0.2) is 0 Å². The molecule has 0 amide bonds. The summed E-state index contributed by atoms with van der Waals surface area (Å²) in [7, 11) is 0. The summed E-state index contributed by atoms with van der Waals surface area (Å²) in [6, 6.07) is 0. The van der Waals surface area contributed by atoms with Crippen molar-refractivity contribution in [1.29, 1.82) is 0 Å². The lowest BCUT2D eigenvalue weighted by molar-refractivity contribution is 0.377. The number of nitrogens with zero attached hydrogens (tertiary/aromatic N) is 1. The van der Waals surface area contributed by atoms with Gasteiger partial charge in [0.25, 0.3) is 0 Å². The molecule has 0 aromatic rings. The van der Waals surface area contributed by atoms with Gasteiger partial charge in [0.15, 0.2) is 0 Å². The smallest absolute Gasteiger partial charge is 0.0166 e. The molecule has 0 aliphatic carbocycles. The molecule has 0 unspecified atom stereocenters. The van der Waals surface area contributed by atoms with Crippen LogP contribution < -0.4 is 0 Å². The molecule has 11 heavy (non-hydrogen) atoms. The third kappa shape index (κ3) is 3.38. The highest BCUT2D eigenvalue weighted by atomic mass is 15.1. The van der Waals surface area contributed by atoms with Crippen LogP contribution in [0.5, 0.6) is 0 Å². The van der Waals surface area contributed by atoms with Crippen molar-refractivity contribution in [1.82, 2.24) is 4.90 Å². The number of rotatable bonds is 3. The third-order valence-corrected chi connectivity index (χ3v) is 2.00. The monoisotopic (exact) mass is 151 g/mol. The minimum absolute atomic E-state index is 1.13. The van der Waals surface area contributed by atoms with Gasteiger partial charge < -0.3 is 0 Å². The molecule has 0 bridgehead atoms. The SMILES string of the molecule is CC=CC=CCN1CCCC1. The normalized spacial score (nSPS) is 20.8. The van der Waals surface area contributed by atoms with Crippen molar-refractivity contribution in [2.45, 2.75) is 19.8 Å². The summed E-state index contributed by atoms with van der Waals surface area (Å²) in [5.74, 6) is 0. The molecule has 1 fully saturated rings. The zero-order chi connectivity index (χ0) is 7.94. The second-order valence-electron chi connectivity index (χ2n) is 2.96. The van der Waals surface area contributed by atoms with Gasteiger partial charge in [0.1, 0.15) is 0 Å². The minimum Gasteiger partial charge on any atom is -0.300 e. The van der Waals surface area contributed by atoms with E-state index in [1.54, 1.807) is 0 Å². The molecule has 0 saturated carbocycles. The molecule has 0 radical (unpaired) electrons. The first kappa shape index (κ1) is 8.54. The van der Waals surface area contributed by atoms with Gasteiger partial charge in [0.05, 0.1) is 0 Å². The average Bonchev–Trinajstić information content (AvgIpc) is 2.50. The molecule has 62 valence electrons. The molecule has 1 aliphatic rings. The topological polar surface area (TPSA) is 3.24 Å². The van der Waals surface area contributed by atoms with E-state index in [0.717, 1.165) is 6.54 Å². The fourth-order valence-corrected chi connectivity index (χ4v) is 1.36. The molecule has 0 N–H and O–H groups in total. The molecule has 1 aliphatic heterocycles. The lowest BCUT2D eigenvalue weighted by Crippen LogP contribution is -2.18. The van der Waals surface area contributed by atoms with E-state index in [1.165, 1.54) is 25.9 Å². The van der Waals surface area contributed by atoms with Crippen LogP contribution in [-0.4, -0.2) is 24.5 Å². The van der Waals surface area contributed by atoms with Gasteiger partial charge in [0.2, 0.25) is 0 Å². The molecule has 1 heteroatoms. The van der Waals surface area contributed by atoms with E-state index in [4.69, 9.17) is 0 Å². The quantitative estimate of drug-likeness (QED) is 0.559. The first-order valence-electron chi connectivity index (χ1n) is 4.43. The Hall–Kier alpha value is -0.560. The Bertz CT molecular complexity index is 141. The van der Waals surface area contributed by atoms with E-state index < -0.39 is 0 Å². The Morgan fingerprint density at radius 2 is 1.91 bits per heavy atom. The van der Waals surface area contributed by atoms with Crippen LogP contribution in [0.1, 0.15) is 19.8 Å². The summed E-state index contributed by atoms with van der Waals surface area (Å²) < 4.78 is 0. The van der Waals surface area contributed by atoms with E-state index >= 15 is 0 Å². The zero-order valence-electron chi connectivity index (χ0n) is 7.29. The Morgan fingerprint density at radius 3 is 2.55 bits per heavy atom. The van der Waals surface area contributed by atoms with Crippen LogP contribution in [0.15, 0.2) is 24.3 Å². The highest BCUT2D eigenvalue weighted by molar-refractivity contribution is 5.02. The Morgan fingerprint density at radius 1 is 1.18 bits per heavy atom. The highest BCUT2D eigenvalue weighted by Crippen LogP contribution is 2.06. The van der Waals surface area contributed by atoms with Gasteiger partial charge in [0, 0.05) is 6.54 Å². The second-order valence-corrected chi connectivity index (χ2v) is 2.96. The third-order valence-electron chi connectivity index (χ3n) is 2.00.